The number of H-pyrrole nitrogens is 2. The fraction of sp³-hybridized carbons (Fsp3) is 0. The lowest BCUT2D eigenvalue weighted by Crippen LogP contribution is -2.09. The second-order valence-corrected chi connectivity index (χ2v) is 15.2. The van der Waals surface area contributed by atoms with Gasteiger partial charge in [-0.2, -0.15) is 33.7 Å². The molecule has 1 aromatic carbocycles. The van der Waals surface area contributed by atoms with E-state index in [0.717, 1.165) is 30.4 Å². The maximum absolute atomic E-state index is 12.8. The van der Waals surface area contributed by atoms with Crippen molar-refractivity contribution in [2.45, 2.75) is 14.7 Å². The molecular formula is C26H18N4O12S4. The molecule has 238 valence electrons. The van der Waals surface area contributed by atoms with Gasteiger partial charge in [0.25, 0.3) is 40.5 Å². The van der Waals surface area contributed by atoms with Crippen LogP contribution in [0.4, 0.5) is 0 Å². The quantitative estimate of drug-likeness (QED) is 0.143. The first-order chi connectivity index (χ1) is 21.3. The summed E-state index contributed by atoms with van der Waals surface area (Å²) in [6, 6.07) is 12.7. The van der Waals surface area contributed by atoms with E-state index >= 15 is 0 Å². The first-order valence-electron chi connectivity index (χ1n) is 12.5. The zero-order chi connectivity index (χ0) is 33.4. The molecule has 16 nitrogen and oxygen atoms in total. The zero-order valence-electron chi connectivity index (χ0n) is 22.5. The number of fused-ring (bicyclic) bond motifs is 8. The molecule has 0 unspecified atom stereocenters. The number of nitrogens with one attached hydrogen (secondary N) is 2. The lowest BCUT2D eigenvalue weighted by molar-refractivity contribution is 0.480. The summed E-state index contributed by atoms with van der Waals surface area (Å²) in [5, 5.41) is 0. The Labute approximate surface area is 259 Å². The Morgan fingerprint density at radius 3 is 1.50 bits per heavy atom. The smallest absolute Gasteiger partial charge is 0.298 e. The largest absolute Gasteiger partial charge is 0.354 e. The van der Waals surface area contributed by atoms with E-state index in [9.17, 15) is 51.9 Å². The zero-order valence-corrected chi connectivity index (χ0v) is 25.8. The third-order valence-electron chi connectivity index (χ3n) is 6.80. The third kappa shape index (κ3) is 5.56. The van der Waals surface area contributed by atoms with E-state index in [2.05, 4.69) is 19.9 Å². The highest BCUT2D eigenvalue weighted by atomic mass is 32.2. The van der Waals surface area contributed by atoms with Gasteiger partial charge in [-0.15, -0.1) is 0 Å². The minimum Gasteiger partial charge on any atom is -0.354 e. The van der Waals surface area contributed by atoms with Gasteiger partial charge in [-0.05, 0) is 48.1 Å². The third-order valence-corrected chi connectivity index (χ3v) is 10.5. The number of rotatable bonds is 5. The SMILES string of the molecule is O=S(=O)(O)C1=Cc2nc1c(S(=O)(=O)O)c1nc(c(S(=O)(=O)O)c3ccc([nH]3)c(S(=O)(=O)O)c3ccc([nH]3)c2-c2ccccc2)C=C1. The van der Waals surface area contributed by atoms with E-state index in [1.807, 2.05) is 0 Å². The van der Waals surface area contributed by atoms with Crippen molar-refractivity contribution in [2.75, 3.05) is 0 Å². The molecule has 6 N–H and O–H groups in total. The fourth-order valence-corrected chi connectivity index (χ4v) is 8.15. The summed E-state index contributed by atoms with van der Waals surface area (Å²) in [5.41, 5.74) is -3.25. The van der Waals surface area contributed by atoms with Crippen molar-refractivity contribution in [3.05, 3.63) is 77.4 Å². The minimum absolute atomic E-state index is 0.0551. The molecule has 3 aromatic heterocycles. The normalized spacial score (nSPS) is 14.0. The van der Waals surface area contributed by atoms with Crippen LogP contribution >= 0.6 is 0 Å². The average Bonchev–Trinajstić information content (AvgIpc) is 3.72. The molecule has 0 spiro atoms. The van der Waals surface area contributed by atoms with Crippen LogP contribution in [0.1, 0.15) is 22.8 Å². The molecule has 0 saturated carbocycles. The van der Waals surface area contributed by atoms with Gasteiger partial charge in [0.2, 0.25) is 0 Å². The van der Waals surface area contributed by atoms with Crippen molar-refractivity contribution in [3.8, 4) is 11.1 Å². The van der Waals surface area contributed by atoms with Crippen LogP contribution in [0.5, 0.6) is 0 Å². The predicted octanol–water partition coefficient (Wildman–Crippen LogP) is 3.28. The van der Waals surface area contributed by atoms with Gasteiger partial charge in [0.05, 0.1) is 33.6 Å². The second kappa shape index (κ2) is 10.5. The number of hydrogen-bond acceptors (Lipinski definition) is 10. The molecule has 8 bridgehead atoms. The molecular weight excluding hydrogens is 689 g/mol. The molecule has 2 aliphatic heterocycles. The monoisotopic (exact) mass is 706 g/mol. The van der Waals surface area contributed by atoms with Crippen LogP contribution in [0.15, 0.2) is 69.3 Å². The standard InChI is InChI=1S/C26H18N4O12S4/c31-43(32,33)21-12-20-22(13-4-2-1-3-5-13)14-6-7-15(27-14)24(44(34,35)36)16-8-9-17(28-16)25(45(37,38)39)18-10-11-19(29-18)26(23(21)30-20)46(40,41)42/h1-12,27-28H,(H,31,32,33)(H,34,35,36)(H,37,38,39)(H,40,41,42). The van der Waals surface area contributed by atoms with Gasteiger partial charge in [0.15, 0.2) is 0 Å². The Morgan fingerprint density at radius 2 is 0.978 bits per heavy atom. The summed E-state index contributed by atoms with van der Waals surface area (Å²) < 4.78 is 142. The molecule has 6 rings (SSSR count). The van der Waals surface area contributed by atoms with E-state index in [-0.39, 0.29) is 27.8 Å². The Bertz CT molecular complexity index is 2680. The summed E-state index contributed by atoms with van der Waals surface area (Å²) >= 11 is 0. The minimum atomic E-state index is -5.44. The maximum atomic E-state index is 12.8. The van der Waals surface area contributed by atoms with E-state index < -0.39 is 82.7 Å². The van der Waals surface area contributed by atoms with Gasteiger partial charge in [0.1, 0.15) is 25.3 Å². The molecule has 0 amide bonds. The van der Waals surface area contributed by atoms with Gasteiger partial charge in [-0.25, -0.2) is 9.97 Å². The molecule has 0 fully saturated rings. The van der Waals surface area contributed by atoms with Gasteiger partial charge in [-0.3, -0.25) is 18.2 Å². The Kier molecular flexibility index (Phi) is 7.18. The van der Waals surface area contributed by atoms with Gasteiger partial charge < -0.3 is 9.97 Å². The summed E-state index contributed by atoms with van der Waals surface area (Å²) in [5.74, 6) is 0. The highest BCUT2D eigenvalue weighted by Gasteiger charge is 2.34. The number of benzene rings is 1. The fourth-order valence-electron chi connectivity index (χ4n) is 5.09. The number of aromatic amines is 2. The second-order valence-electron chi connectivity index (χ2n) is 9.77. The first kappa shape index (κ1) is 31.4. The Morgan fingerprint density at radius 1 is 0.500 bits per heavy atom. The van der Waals surface area contributed by atoms with Crippen LogP contribution in [-0.2, 0) is 40.5 Å². The van der Waals surface area contributed by atoms with Crippen molar-refractivity contribution < 1.29 is 51.9 Å². The number of nitrogens with zero attached hydrogens (tertiary/aromatic N) is 2. The van der Waals surface area contributed by atoms with Crippen LogP contribution < -0.4 is 0 Å². The Balaban J connectivity index is 1.99. The highest BCUT2D eigenvalue weighted by molar-refractivity contribution is 7.95. The van der Waals surface area contributed by atoms with E-state index in [4.69, 9.17) is 0 Å². The molecule has 0 radical (unpaired) electrons. The van der Waals surface area contributed by atoms with Gasteiger partial charge >= 0.3 is 0 Å². The van der Waals surface area contributed by atoms with Crippen LogP contribution in [0.2, 0.25) is 0 Å². The molecule has 5 heterocycles. The highest BCUT2D eigenvalue weighted by Crippen LogP contribution is 2.38. The van der Waals surface area contributed by atoms with Gasteiger partial charge in [-0.1, -0.05) is 30.3 Å². The molecule has 46 heavy (non-hydrogen) atoms. The number of hydrogen-bond donors (Lipinski definition) is 6. The predicted molar refractivity (Wildman–Crippen MR) is 164 cm³/mol. The van der Waals surface area contributed by atoms with E-state index in [0.29, 0.717) is 5.56 Å². The van der Waals surface area contributed by atoms with Crippen LogP contribution in [0, 0.1) is 0 Å². The topological polar surface area (TPSA) is 275 Å². The average molecular weight is 707 g/mol. The molecule has 2 aliphatic rings. The molecule has 4 aromatic rings. The first-order valence-corrected chi connectivity index (χ1v) is 18.3. The van der Waals surface area contributed by atoms with Crippen molar-refractivity contribution >= 4 is 85.7 Å². The molecule has 0 aliphatic carbocycles. The number of aromatic nitrogens is 4. The van der Waals surface area contributed by atoms with Gasteiger partial charge in [0, 0.05) is 11.1 Å². The van der Waals surface area contributed by atoms with Crippen LogP contribution in [-0.4, -0.2) is 71.8 Å². The lowest BCUT2D eigenvalue weighted by Gasteiger charge is -2.04. The summed E-state index contributed by atoms with van der Waals surface area (Å²) in [6.45, 7) is 0. The molecule has 0 atom stereocenters. The van der Waals surface area contributed by atoms with Crippen LogP contribution in [0.25, 0.3) is 56.3 Å². The van der Waals surface area contributed by atoms with E-state index in [1.165, 1.54) is 12.1 Å². The van der Waals surface area contributed by atoms with Crippen LogP contribution in [0.3, 0.4) is 0 Å². The molecule has 20 heteroatoms. The van der Waals surface area contributed by atoms with Crippen molar-refractivity contribution in [3.63, 3.8) is 0 Å². The van der Waals surface area contributed by atoms with E-state index in [1.54, 1.807) is 30.3 Å². The van der Waals surface area contributed by atoms with Crippen molar-refractivity contribution in [2.24, 2.45) is 0 Å². The summed E-state index contributed by atoms with van der Waals surface area (Å²) in [7, 11) is -21.0. The summed E-state index contributed by atoms with van der Waals surface area (Å²) in [6.07, 6.45) is 2.59. The Hall–Kier alpha value is -4.54. The molecule has 0 saturated heterocycles. The lowest BCUT2D eigenvalue weighted by atomic mass is 10.0. The summed E-state index contributed by atoms with van der Waals surface area (Å²) in [4.78, 5) is 9.31. The van der Waals surface area contributed by atoms with Crippen molar-refractivity contribution in [1.29, 1.82) is 0 Å². The maximum Gasteiger partial charge on any atom is 0.298 e. The van der Waals surface area contributed by atoms with Crippen molar-refractivity contribution in [1.82, 2.24) is 19.9 Å².